The van der Waals surface area contributed by atoms with Crippen molar-refractivity contribution in [2.75, 3.05) is 26.3 Å². The molecule has 2 aliphatic heterocycles. The molecule has 188 valence electrons. The summed E-state index contributed by atoms with van der Waals surface area (Å²) < 4.78 is 11.7. The van der Waals surface area contributed by atoms with E-state index in [1.165, 1.54) is 0 Å². The second kappa shape index (κ2) is 12.0. The van der Waals surface area contributed by atoms with Crippen LogP contribution in [-0.2, 0) is 9.59 Å². The Morgan fingerprint density at radius 2 is 1.81 bits per heavy atom. The Morgan fingerprint density at radius 1 is 1.06 bits per heavy atom. The van der Waals surface area contributed by atoms with E-state index in [4.69, 9.17) is 21.7 Å². The van der Waals surface area contributed by atoms with E-state index in [2.05, 4.69) is 5.43 Å². The largest absolute Gasteiger partial charge is 0.490 e. The van der Waals surface area contributed by atoms with Gasteiger partial charge in [0.2, 0.25) is 0 Å². The van der Waals surface area contributed by atoms with Crippen LogP contribution in [0.15, 0.2) is 53.4 Å². The topological polar surface area (TPSA) is 88.2 Å². The molecule has 0 aromatic heterocycles. The summed E-state index contributed by atoms with van der Waals surface area (Å²) in [6, 6.07) is 13.8. The summed E-state index contributed by atoms with van der Waals surface area (Å²) in [5, 5.41) is 1.08. The summed E-state index contributed by atoms with van der Waals surface area (Å²) in [6.45, 7) is 3.75. The van der Waals surface area contributed by atoms with E-state index in [9.17, 15) is 14.4 Å². The van der Waals surface area contributed by atoms with Gasteiger partial charge in [0.05, 0.1) is 11.5 Å². The van der Waals surface area contributed by atoms with E-state index < -0.39 is 11.8 Å². The second-order valence-electron chi connectivity index (χ2n) is 8.19. The smallest absolute Gasteiger partial charge is 0.285 e. The van der Waals surface area contributed by atoms with Crippen molar-refractivity contribution in [3.63, 3.8) is 0 Å². The molecule has 0 aliphatic carbocycles. The van der Waals surface area contributed by atoms with E-state index in [1.807, 2.05) is 11.8 Å². The fourth-order valence-corrected chi connectivity index (χ4v) is 5.03. The first-order valence-corrected chi connectivity index (χ1v) is 13.0. The fourth-order valence-electron chi connectivity index (χ4n) is 3.85. The minimum atomic E-state index is -0.424. The van der Waals surface area contributed by atoms with Crippen LogP contribution in [0.5, 0.6) is 11.5 Å². The number of thioether (sulfide) groups is 1. The van der Waals surface area contributed by atoms with Crippen LogP contribution in [-0.4, -0.2) is 58.3 Å². The molecule has 2 aliphatic rings. The number of likely N-dealkylation sites (tertiary alicyclic amines) is 1. The number of carbonyl (C=O) groups excluding carboxylic acids is 3. The summed E-state index contributed by atoms with van der Waals surface area (Å²) in [7, 11) is 0. The molecule has 0 unspecified atom stereocenters. The molecule has 0 bridgehead atoms. The minimum Gasteiger partial charge on any atom is -0.490 e. The van der Waals surface area contributed by atoms with Crippen molar-refractivity contribution < 1.29 is 23.9 Å². The lowest BCUT2D eigenvalue weighted by molar-refractivity contribution is -0.134. The summed E-state index contributed by atoms with van der Waals surface area (Å²) in [4.78, 5) is 40.1. The number of thiocarbonyl (C=S) groups is 1. The molecule has 0 saturated carbocycles. The number of nitrogens with zero attached hydrogens (tertiary/aromatic N) is 2. The molecule has 0 spiro atoms. The van der Waals surface area contributed by atoms with Crippen LogP contribution in [0.25, 0.3) is 6.08 Å². The van der Waals surface area contributed by atoms with E-state index in [0.717, 1.165) is 49.1 Å². The number of hydrazine groups is 1. The molecule has 2 saturated heterocycles. The first-order chi connectivity index (χ1) is 17.5. The predicted octanol–water partition coefficient (Wildman–Crippen LogP) is 4.02. The Bertz CT molecular complexity index is 1180. The molecule has 2 aromatic rings. The second-order valence-corrected chi connectivity index (χ2v) is 9.87. The SMILES string of the molecule is CCOc1cc(/C=C2/SC(=S)N(NC(=O)c3ccccc3)C2=O)ccc1OCC(=O)N1CCCCC1. The van der Waals surface area contributed by atoms with Crippen LogP contribution in [0, 0.1) is 0 Å². The van der Waals surface area contributed by atoms with Crippen molar-refractivity contribution in [1.82, 2.24) is 15.3 Å². The molecule has 0 atom stereocenters. The van der Waals surface area contributed by atoms with E-state index in [1.54, 1.807) is 54.6 Å². The molecule has 36 heavy (non-hydrogen) atoms. The third-order valence-electron chi connectivity index (χ3n) is 5.67. The highest BCUT2D eigenvalue weighted by Gasteiger charge is 2.33. The number of ether oxygens (including phenoxy) is 2. The molecule has 1 N–H and O–H groups in total. The van der Waals surface area contributed by atoms with Gasteiger partial charge in [-0.2, -0.15) is 5.01 Å². The summed E-state index contributed by atoms with van der Waals surface area (Å²) in [5.74, 6) is 0.0575. The molecule has 2 fully saturated rings. The van der Waals surface area contributed by atoms with Gasteiger partial charge in [0.1, 0.15) is 0 Å². The van der Waals surface area contributed by atoms with Gasteiger partial charge in [-0.05, 0) is 74.3 Å². The molecule has 10 heteroatoms. The summed E-state index contributed by atoms with van der Waals surface area (Å²) in [6.07, 6.45) is 4.87. The standard InChI is InChI=1S/C26H27N3O5S2/c1-2-33-21-15-18(11-12-20(21)34-17-23(30)28-13-7-4-8-14-28)16-22-25(32)29(26(35)36-22)27-24(31)19-9-5-3-6-10-19/h3,5-6,9-12,15-16H,2,4,7-8,13-14,17H2,1H3,(H,27,31)/b22-16+. The molecule has 8 nitrogen and oxygen atoms in total. The predicted molar refractivity (Wildman–Crippen MR) is 142 cm³/mol. The average Bonchev–Trinajstić information content (AvgIpc) is 3.16. The quantitative estimate of drug-likeness (QED) is 0.411. The van der Waals surface area contributed by atoms with Crippen LogP contribution in [0.4, 0.5) is 0 Å². The number of rotatable bonds is 8. The van der Waals surface area contributed by atoms with Crippen molar-refractivity contribution in [2.45, 2.75) is 26.2 Å². The highest BCUT2D eigenvalue weighted by Crippen LogP contribution is 2.34. The monoisotopic (exact) mass is 525 g/mol. The lowest BCUT2D eigenvalue weighted by Gasteiger charge is -2.26. The number of amides is 3. The maximum Gasteiger partial charge on any atom is 0.285 e. The summed E-state index contributed by atoms with van der Waals surface area (Å²) >= 11 is 6.41. The normalized spacial score (nSPS) is 16.9. The first-order valence-electron chi connectivity index (χ1n) is 11.8. The Balaban J connectivity index is 1.44. The number of hydrogen-bond donors (Lipinski definition) is 1. The number of carbonyl (C=O) groups is 3. The van der Waals surface area contributed by atoms with Gasteiger partial charge >= 0.3 is 0 Å². The Hall–Kier alpha value is -3.37. The van der Waals surface area contributed by atoms with E-state index >= 15 is 0 Å². The van der Waals surface area contributed by atoms with Gasteiger partial charge in [-0.15, -0.1) is 0 Å². The lowest BCUT2D eigenvalue weighted by Crippen LogP contribution is -2.44. The van der Waals surface area contributed by atoms with Gasteiger partial charge in [-0.1, -0.05) is 36.0 Å². The van der Waals surface area contributed by atoms with Gasteiger partial charge in [-0.25, -0.2) is 0 Å². The summed E-state index contributed by atoms with van der Waals surface area (Å²) in [5.41, 5.74) is 3.69. The number of piperidine rings is 1. The average molecular weight is 526 g/mol. The van der Waals surface area contributed by atoms with Crippen molar-refractivity contribution >= 4 is 52.1 Å². The highest BCUT2D eigenvalue weighted by atomic mass is 32.2. The molecule has 0 radical (unpaired) electrons. The number of benzene rings is 2. The van der Waals surface area contributed by atoms with Crippen LogP contribution in [0.1, 0.15) is 42.1 Å². The minimum absolute atomic E-state index is 0.0394. The van der Waals surface area contributed by atoms with Crippen molar-refractivity contribution in [3.8, 4) is 11.5 Å². The fraction of sp³-hybridized carbons (Fsp3) is 0.308. The molecular formula is C26H27N3O5S2. The number of nitrogens with one attached hydrogen (secondary N) is 1. The third-order valence-corrected chi connectivity index (χ3v) is 6.97. The van der Waals surface area contributed by atoms with Crippen molar-refractivity contribution in [1.29, 1.82) is 0 Å². The molecule has 2 aromatic carbocycles. The highest BCUT2D eigenvalue weighted by molar-refractivity contribution is 8.26. The van der Waals surface area contributed by atoms with E-state index in [0.29, 0.717) is 34.1 Å². The van der Waals surface area contributed by atoms with Gasteiger partial charge in [-0.3, -0.25) is 19.8 Å². The van der Waals surface area contributed by atoms with Crippen LogP contribution < -0.4 is 14.9 Å². The zero-order valence-electron chi connectivity index (χ0n) is 19.9. The van der Waals surface area contributed by atoms with Crippen molar-refractivity contribution in [3.05, 3.63) is 64.6 Å². The Morgan fingerprint density at radius 3 is 2.53 bits per heavy atom. The van der Waals surface area contributed by atoms with Crippen LogP contribution in [0.2, 0.25) is 0 Å². The molecule has 3 amide bonds. The van der Waals surface area contributed by atoms with Gasteiger partial charge in [0.15, 0.2) is 22.4 Å². The van der Waals surface area contributed by atoms with E-state index in [-0.39, 0.29) is 16.8 Å². The molecular weight excluding hydrogens is 498 g/mol. The zero-order chi connectivity index (χ0) is 25.5. The third kappa shape index (κ3) is 6.24. The van der Waals surface area contributed by atoms with Crippen molar-refractivity contribution in [2.24, 2.45) is 0 Å². The van der Waals surface area contributed by atoms with Crippen LogP contribution in [0.3, 0.4) is 0 Å². The number of hydrogen-bond acceptors (Lipinski definition) is 7. The maximum atomic E-state index is 12.9. The molecule has 4 rings (SSSR count). The van der Waals surface area contributed by atoms with Gasteiger partial charge in [0, 0.05) is 18.7 Å². The lowest BCUT2D eigenvalue weighted by atomic mass is 10.1. The molecule has 2 heterocycles. The maximum absolute atomic E-state index is 12.9. The van der Waals surface area contributed by atoms with Crippen LogP contribution >= 0.6 is 24.0 Å². The zero-order valence-corrected chi connectivity index (χ0v) is 21.5. The Labute approximate surface area is 219 Å². The van der Waals surface area contributed by atoms with Gasteiger partial charge in [0.25, 0.3) is 17.7 Å². The first kappa shape index (κ1) is 25.7. The van der Waals surface area contributed by atoms with Gasteiger partial charge < -0.3 is 14.4 Å². The Kier molecular flexibility index (Phi) is 8.61.